The van der Waals surface area contributed by atoms with Gasteiger partial charge in [-0.15, -0.1) is 11.7 Å². The van der Waals surface area contributed by atoms with E-state index in [0.717, 1.165) is 16.5 Å². The predicted molar refractivity (Wildman–Crippen MR) is 113 cm³/mol. The Hall–Kier alpha value is -3.26. The SMILES string of the molecule is C=CCn1nnc(COc2ccc(OC)cc2)c1SCC(=O)Nc1ccccc1. The Morgan fingerprint density at radius 3 is 2.59 bits per heavy atom. The van der Waals surface area contributed by atoms with E-state index < -0.39 is 0 Å². The Labute approximate surface area is 173 Å². The van der Waals surface area contributed by atoms with Gasteiger partial charge in [-0.2, -0.15) is 0 Å². The number of anilines is 1. The average molecular weight is 410 g/mol. The minimum absolute atomic E-state index is 0.102. The fourth-order valence-electron chi connectivity index (χ4n) is 2.51. The molecule has 0 fully saturated rings. The van der Waals surface area contributed by atoms with Crippen LogP contribution in [0.2, 0.25) is 0 Å². The first-order valence-corrected chi connectivity index (χ1v) is 9.96. The molecule has 0 radical (unpaired) electrons. The molecule has 0 unspecified atom stereocenters. The molecule has 1 heterocycles. The molecule has 0 spiro atoms. The van der Waals surface area contributed by atoms with Crippen LogP contribution < -0.4 is 14.8 Å². The number of aromatic nitrogens is 3. The first-order chi connectivity index (χ1) is 14.2. The third-order valence-corrected chi connectivity index (χ3v) is 5.02. The van der Waals surface area contributed by atoms with Gasteiger partial charge in [0.15, 0.2) is 0 Å². The lowest BCUT2D eigenvalue weighted by atomic mass is 10.3. The molecule has 0 aliphatic rings. The molecule has 0 saturated heterocycles. The fourth-order valence-corrected chi connectivity index (χ4v) is 3.37. The zero-order valence-electron chi connectivity index (χ0n) is 16.1. The molecular formula is C21H22N4O3S. The molecule has 0 atom stereocenters. The molecule has 3 aromatic rings. The lowest BCUT2D eigenvalue weighted by Crippen LogP contribution is -2.14. The van der Waals surface area contributed by atoms with Gasteiger partial charge in [0.05, 0.1) is 19.4 Å². The zero-order chi connectivity index (χ0) is 20.5. The molecule has 0 bridgehead atoms. The molecular weight excluding hydrogens is 388 g/mol. The van der Waals surface area contributed by atoms with Gasteiger partial charge in [0.1, 0.15) is 28.8 Å². The maximum absolute atomic E-state index is 12.3. The number of para-hydroxylation sites is 1. The highest BCUT2D eigenvalue weighted by Crippen LogP contribution is 2.24. The predicted octanol–water partition coefficient (Wildman–Crippen LogP) is 3.78. The number of hydrogen-bond donors (Lipinski definition) is 1. The summed E-state index contributed by atoms with van der Waals surface area (Å²) in [4.78, 5) is 12.3. The number of rotatable bonds is 10. The van der Waals surface area contributed by atoms with E-state index in [1.165, 1.54) is 11.8 Å². The second-order valence-corrected chi connectivity index (χ2v) is 6.94. The van der Waals surface area contributed by atoms with Gasteiger partial charge in [0.25, 0.3) is 0 Å². The lowest BCUT2D eigenvalue weighted by molar-refractivity contribution is -0.113. The van der Waals surface area contributed by atoms with Crippen molar-refractivity contribution in [2.75, 3.05) is 18.2 Å². The van der Waals surface area contributed by atoms with E-state index in [-0.39, 0.29) is 18.3 Å². The number of hydrogen-bond acceptors (Lipinski definition) is 6. The van der Waals surface area contributed by atoms with Crippen molar-refractivity contribution in [2.24, 2.45) is 0 Å². The summed E-state index contributed by atoms with van der Waals surface area (Å²) in [5, 5.41) is 12.0. The van der Waals surface area contributed by atoms with Gasteiger partial charge in [0, 0.05) is 5.69 Å². The maximum Gasteiger partial charge on any atom is 0.234 e. The molecule has 1 N–H and O–H groups in total. The monoisotopic (exact) mass is 410 g/mol. The van der Waals surface area contributed by atoms with E-state index in [1.807, 2.05) is 54.6 Å². The van der Waals surface area contributed by atoms with Crippen molar-refractivity contribution < 1.29 is 14.3 Å². The molecule has 29 heavy (non-hydrogen) atoms. The molecule has 1 amide bonds. The van der Waals surface area contributed by atoms with Gasteiger partial charge >= 0.3 is 0 Å². The number of amides is 1. The van der Waals surface area contributed by atoms with Crippen molar-refractivity contribution in [1.29, 1.82) is 0 Å². The third kappa shape index (κ3) is 5.86. The summed E-state index contributed by atoms with van der Waals surface area (Å²) in [6.07, 6.45) is 1.73. The van der Waals surface area contributed by atoms with Crippen LogP contribution in [0.3, 0.4) is 0 Å². The van der Waals surface area contributed by atoms with Crippen molar-refractivity contribution in [3.8, 4) is 11.5 Å². The Kier molecular flexibility index (Phi) is 7.29. The Morgan fingerprint density at radius 2 is 1.90 bits per heavy atom. The second-order valence-electron chi connectivity index (χ2n) is 5.98. The largest absolute Gasteiger partial charge is 0.497 e. The van der Waals surface area contributed by atoms with Crippen molar-refractivity contribution >= 4 is 23.4 Å². The number of carbonyl (C=O) groups is 1. The minimum atomic E-state index is -0.102. The summed E-state index contributed by atoms with van der Waals surface area (Å²) in [6, 6.07) is 16.7. The van der Waals surface area contributed by atoms with E-state index in [2.05, 4.69) is 22.2 Å². The van der Waals surface area contributed by atoms with Gasteiger partial charge in [-0.25, -0.2) is 4.68 Å². The molecule has 1 aromatic heterocycles. The topological polar surface area (TPSA) is 78.3 Å². The Morgan fingerprint density at radius 1 is 1.17 bits per heavy atom. The number of nitrogens with one attached hydrogen (secondary N) is 1. The first kappa shape index (κ1) is 20.5. The quantitative estimate of drug-likeness (QED) is 0.405. The van der Waals surface area contributed by atoms with Gasteiger partial charge in [-0.1, -0.05) is 41.3 Å². The maximum atomic E-state index is 12.3. The van der Waals surface area contributed by atoms with Crippen LogP contribution in [0.15, 0.2) is 72.3 Å². The summed E-state index contributed by atoms with van der Waals surface area (Å²) >= 11 is 1.37. The molecule has 150 valence electrons. The number of ether oxygens (including phenoxy) is 2. The summed E-state index contributed by atoms with van der Waals surface area (Å²) in [5.74, 6) is 1.58. The summed E-state index contributed by atoms with van der Waals surface area (Å²) < 4.78 is 12.7. The van der Waals surface area contributed by atoms with Gasteiger partial charge in [-0.05, 0) is 36.4 Å². The number of allylic oxidation sites excluding steroid dienone is 1. The molecule has 0 aliphatic heterocycles. The molecule has 8 heteroatoms. The van der Waals surface area contributed by atoms with Crippen LogP contribution in [-0.4, -0.2) is 33.8 Å². The highest BCUT2D eigenvalue weighted by Gasteiger charge is 2.16. The summed E-state index contributed by atoms with van der Waals surface area (Å²) in [5.41, 5.74) is 1.43. The molecule has 0 saturated carbocycles. The van der Waals surface area contributed by atoms with Crippen molar-refractivity contribution in [3.63, 3.8) is 0 Å². The van der Waals surface area contributed by atoms with Crippen LogP contribution in [0.1, 0.15) is 5.69 Å². The van der Waals surface area contributed by atoms with Crippen LogP contribution in [0.4, 0.5) is 5.69 Å². The van der Waals surface area contributed by atoms with Crippen molar-refractivity contribution in [1.82, 2.24) is 15.0 Å². The van der Waals surface area contributed by atoms with Crippen molar-refractivity contribution in [3.05, 3.63) is 72.9 Å². The smallest absolute Gasteiger partial charge is 0.234 e. The molecule has 0 aliphatic carbocycles. The normalized spacial score (nSPS) is 10.4. The number of thioether (sulfide) groups is 1. The highest BCUT2D eigenvalue weighted by atomic mass is 32.2. The van der Waals surface area contributed by atoms with E-state index >= 15 is 0 Å². The first-order valence-electron chi connectivity index (χ1n) is 8.97. The average Bonchev–Trinajstić information content (AvgIpc) is 3.13. The lowest BCUT2D eigenvalue weighted by Gasteiger charge is -2.09. The second kappa shape index (κ2) is 10.3. The standard InChI is InChI=1S/C21H22N4O3S/c1-3-13-25-21(29-15-20(26)22-16-7-5-4-6-8-16)19(23-24-25)14-28-18-11-9-17(27-2)10-12-18/h3-12H,1,13-15H2,2H3,(H,22,26). The van der Waals surface area contributed by atoms with E-state index in [0.29, 0.717) is 18.0 Å². The Bertz CT molecular complexity index is 942. The van der Waals surface area contributed by atoms with Gasteiger partial charge in [0.2, 0.25) is 5.91 Å². The van der Waals surface area contributed by atoms with Crippen LogP contribution in [0, 0.1) is 0 Å². The van der Waals surface area contributed by atoms with E-state index in [4.69, 9.17) is 9.47 Å². The van der Waals surface area contributed by atoms with Gasteiger partial charge in [-0.3, -0.25) is 4.79 Å². The molecule has 2 aromatic carbocycles. The van der Waals surface area contributed by atoms with Crippen LogP contribution in [0.5, 0.6) is 11.5 Å². The van der Waals surface area contributed by atoms with Crippen LogP contribution in [0.25, 0.3) is 0 Å². The summed E-state index contributed by atoms with van der Waals surface area (Å²) in [6.45, 7) is 4.49. The number of carbonyl (C=O) groups excluding carboxylic acids is 1. The van der Waals surface area contributed by atoms with E-state index in [9.17, 15) is 4.79 Å². The third-order valence-electron chi connectivity index (χ3n) is 3.89. The number of benzene rings is 2. The summed E-state index contributed by atoms with van der Waals surface area (Å²) in [7, 11) is 1.62. The molecule has 7 nitrogen and oxygen atoms in total. The number of methoxy groups -OCH3 is 1. The van der Waals surface area contributed by atoms with E-state index in [1.54, 1.807) is 17.9 Å². The number of nitrogens with zero attached hydrogens (tertiary/aromatic N) is 3. The van der Waals surface area contributed by atoms with Crippen LogP contribution in [-0.2, 0) is 17.9 Å². The Balaban J connectivity index is 1.63. The highest BCUT2D eigenvalue weighted by molar-refractivity contribution is 8.00. The van der Waals surface area contributed by atoms with Gasteiger partial charge < -0.3 is 14.8 Å². The van der Waals surface area contributed by atoms with Crippen LogP contribution >= 0.6 is 11.8 Å². The fraction of sp³-hybridized carbons (Fsp3) is 0.190. The van der Waals surface area contributed by atoms with Crippen molar-refractivity contribution in [2.45, 2.75) is 18.2 Å². The molecule has 3 rings (SSSR count). The zero-order valence-corrected chi connectivity index (χ0v) is 16.9. The minimum Gasteiger partial charge on any atom is -0.497 e.